The molecule has 0 aromatic carbocycles. The molecule has 1 aliphatic rings. The normalized spacial score (nSPS) is 24.2. The lowest BCUT2D eigenvalue weighted by molar-refractivity contribution is -0.172. The molecule has 0 spiro atoms. The van der Waals surface area contributed by atoms with E-state index >= 15 is 0 Å². The van der Waals surface area contributed by atoms with Crippen molar-refractivity contribution in [3.8, 4) is 0 Å². The Kier molecular flexibility index (Phi) is 4.73. The highest BCUT2D eigenvalue weighted by Gasteiger charge is 2.50. The number of carbonyl (C=O) groups is 2. The first kappa shape index (κ1) is 13.0. The molecule has 0 unspecified atom stereocenters. The summed E-state index contributed by atoms with van der Waals surface area (Å²) in [4.78, 5) is 24.3. The Labute approximate surface area is 95.7 Å². The summed E-state index contributed by atoms with van der Waals surface area (Å²) in [5, 5.41) is 0. The standard InChI is InChI=1S/C11H19NO4/c1-4-5-6-16-7-8-9(11(14)15-3)10(13)12(8)2/h8-9H,4-7H2,1-3H3/t8-,9-/m0/s1. The molecule has 0 radical (unpaired) electrons. The molecular weight excluding hydrogens is 210 g/mol. The van der Waals surface area contributed by atoms with Crippen LogP contribution in [0.15, 0.2) is 0 Å². The quantitative estimate of drug-likeness (QED) is 0.287. The van der Waals surface area contributed by atoms with Crippen LogP contribution in [-0.4, -0.2) is 50.2 Å². The number of hydrogen-bond acceptors (Lipinski definition) is 4. The molecule has 0 aromatic rings. The van der Waals surface area contributed by atoms with E-state index in [1.807, 2.05) is 0 Å². The molecule has 92 valence electrons. The summed E-state index contributed by atoms with van der Waals surface area (Å²) in [5.41, 5.74) is 0. The Morgan fingerprint density at radius 3 is 2.75 bits per heavy atom. The fourth-order valence-electron chi connectivity index (χ4n) is 1.73. The number of amides is 1. The average molecular weight is 229 g/mol. The van der Waals surface area contributed by atoms with Gasteiger partial charge in [-0.05, 0) is 6.42 Å². The molecular formula is C11H19NO4. The van der Waals surface area contributed by atoms with Gasteiger partial charge < -0.3 is 14.4 Å². The Morgan fingerprint density at radius 1 is 1.50 bits per heavy atom. The lowest BCUT2D eigenvalue weighted by Crippen LogP contribution is -2.63. The number of β-lactam (4-membered cyclic amide) rings is 1. The molecule has 1 amide bonds. The second kappa shape index (κ2) is 5.84. The van der Waals surface area contributed by atoms with E-state index in [-0.39, 0.29) is 11.9 Å². The van der Waals surface area contributed by atoms with E-state index in [0.717, 1.165) is 12.8 Å². The molecule has 2 atom stereocenters. The maximum atomic E-state index is 11.4. The van der Waals surface area contributed by atoms with Crippen LogP contribution in [0.25, 0.3) is 0 Å². The SMILES string of the molecule is CCCCOC[C@H]1[C@H](C(=O)OC)C(=O)N1C. The first-order valence-electron chi connectivity index (χ1n) is 5.55. The van der Waals surface area contributed by atoms with E-state index in [4.69, 9.17) is 4.74 Å². The van der Waals surface area contributed by atoms with Crippen LogP contribution in [0.3, 0.4) is 0 Å². The van der Waals surface area contributed by atoms with Gasteiger partial charge in [0.2, 0.25) is 5.91 Å². The summed E-state index contributed by atoms with van der Waals surface area (Å²) in [6.45, 7) is 3.16. The van der Waals surface area contributed by atoms with Gasteiger partial charge in [-0.1, -0.05) is 13.3 Å². The first-order valence-corrected chi connectivity index (χ1v) is 5.55. The molecule has 0 bridgehead atoms. The molecule has 0 aromatic heterocycles. The predicted molar refractivity (Wildman–Crippen MR) is 57.8 cm³/mol. The van der Waals surface area contributed by atoms with Crippen molar-refractivity contribution in [2.45, 2.75) is 25.8 Å². The van der Waals surface area contributed by atoms with E-state index in [1.165, 1.54) is 12.0 Å². The molecule has 0 N–H and O–H groups in total. The van der Waals surface area contributed by atoms with Gasteiger partial charge in [0.25, 0.3) is 0 Å². The van der Waals surface area contributed by atoms with Crippen LogP contribution >= 0.6 is 0 Å². The molecule has 5 heteroatoms. The van der Waals surface area contributed by atoms with Crippen LogP contribution in [0.2, 0.25) is 0 Å². The van der Waals surface area contributed by atoms with Crippen LogP contribution in [0.4, 0.5) is 0 Å². The zero-order chi connectivity index (χ0) is 12.1. The number of carbonyl (C=O) groups excluding carboxylic acids is 2. The minimum Gasteiger partial charge on any atom is -0.468 e. The summed E-state index contributed by atoms with van der Waals surface area (Å²) in [7, 11) is 2.97. The maximum Gasteiger partial charge on any atom is 0.320 e. The van der Waals surface area contributed by atoms with Gasteiger partial charge in [-0.15, -0.1) is 0 Å². The van der Waals surface area contributed by atoms with Gasteiger partial charge in [0.05, 0.1) is 19.8 Å². The van der Waals surface area contributed by atoms with Crippen LogP contribution in [0.1, 0.15) is 19.8 Å². The molecule has 1 rings (SSSR count). The Morgan fingerprint density at radius 2 is 2.19 bits per heavy atom. The van der Waals surface area contributed by atoms with Crippen LogP contribution < -0.4 is 0 Å². The van der Waals surface area contributed by atoms with E-state index in [9.17, 15) is 9.59 Å². The molecule has 16 heavy (non-hydrogen) atoms. The summed E-state index contributed by atoms with van der Waals surface area (Å²) < 4.78 is 10.0. The van der Waals surface area contributed by atoms with Crippen LogP contribution in [0, 0.1) is 5.92 Å². The highest BCUT2D eigenvalue weighted by Crippen LogP contribution is 2.26. The minimum absolute atomic E-state index is 0.170. The number of likely N-dealkylation sites (tertiary alicyclic amines) is 1. The number of hydrogen-bond donors (Lipinski definition) is 0. The highest BCUT2D eigenvalue weighted by atomic mass is 16.5. The fourth-order valence-corrected chi connectivity index (χ4v) is 1.73. The molecule has 1 heterocycles. The van der Waals surface area contributed by atoms with E-state index in [1.54, 1.807) is 7.05 Å². The third-order valence-electron chi connectivity index (χ3n) is 2.88. The summed E-state index contributed by atoms with van der Waals surface area (Å²) in [6.07, 6.45) is 2.06. The van der Waals surface area contributed by atoms with Crippen molar-refractivity contribution in [2.75, 3.05) is 27.4 Å². The number of methoxy groups -OCH3 is 1. The zero-order valence-corrected chi connectivity index (χ0v) is 10.1. The molecule has 1 aliphatic heterocycles. The number of likely N-dealkylation sites (N-methyl/N-ethyl adjacent to an activating group) is 1. The highest BCUT2D eigenvalue weighted by molar-refractivity contribution is 6.03. The Hall–Kier alpha value is -1.10. The third kappa shape index (κ3) is 2.52. The van der Waals surface area contributed by atoms with Crippen LogP contribution in [0.5, 0.6) is 0 Å². The minimum atomic E-state index is -0.670. The summed E-state index contributed by atoms with van der Waals surface area (Å²) in [5.74, 6) is -1.32. The first-order chi connectivity index (χ1) is 7.63. The number of unbranched alkanes of at least 4 members (excludes halogenated alkanes) is 1. The number of ether oxygens (including phenoxy) is 2. The zero-order valence-electron chi connectivity index (χ0n) is 10.1. The second-order valence-electron chi connectivity index (χ2n) is 3.95. The van der Waals surface area contributed by atoms with Crippen molar-refractivity contribution < 1.29 is 19.1 Å². The number of esters is 1. The van der Waals surface area contributed by atoms with Crippen molar-refractivity contribution in [3.63, 3.8) is 0 Å². The molecule has 1 fully saturated rings. The fraction of sp³-hybridized carbons (Fsp3) is 0.818. The maximum absolute atomic E-state index is 11.4. The van der Waals surface area contributed by atoms with Gasteiger partial charge in [0.1, 0.15) is 0 Å². The van der Waals surface area contributed by atoms with E-state index in [0.29, 0.717) is 13.2 Å². The Bertz CT molecular complexity index is 259. The predicted octanol–water partition coefficient (Wildman–Crippen LogP) is 0.433. The smallest absolute Gasteiger partial charge is 0.320 e. The van der Waals surface area contributed by atoms with Crippen molar-refractivity contribution in [3.05, 3.63) is 0 Å². The number of nitrogens with zero attached hydrogens (tertiary/aromatic N) is 1. The van der Waals surface area contributed by atoms with E-state index < -0.39 is 11.9 Å². The van der Waals surface area contributed by atoms with Gasteiger partial charge in [-0.25, -0.2) is 0 Å². The molecule has 5 nitrogen and oxygen atoms in total. The molecule has 1 saturated heterocycles. The number of rotatable bonds is 6. The van der Waals surface area contributed by atoms with Crippen molar-refractivity contribution in [1.82, 2.24) is 4.90 Å². The van der Waals surface area contributed by atoms with Crippen molar-refractivity contribution in [1.29, 1.82) is 0 Å². The lowest BCUT2D eigenvalue weighted by Gasteiger charge is -2.42. The van der Waals surface area contributed by atoms with Gasteiger partial charge in [0.15, 0.2) is 5.92 Å². The lowest BCUT2D eigenvalue weighted by atomic mass is 9.88. The summed E-state index contributed by atoms with van der Waals surface area (Å²) in [6, 6.07) is -0.170. The van der Waals surface area contributed by atoms with Crippen molar-refractivity contribution >= 4 is 11.9 Å². The molecule has 0 aliphatic carbocycles. The van der Waals surface area contributed by atoms with Crippen molar-refractivity contribution in [2.24, 2.45) is 5.92 Å². The van der Waals surface area contributed by atoms with Gasteiger partial charge >= 0.3 is 5.97 Å². The van der Waals surface area contributed by atoms with Crippen LogP contribution in [-0.2, 0) is 19.1 Å². The van der Waals surface area contributed by atoms with Gasteiger partial charge in [-0.2, -0.15) is 0 Å². The van der Waals surface area contributed by atoms with Gasteiger partial charge in [-0.3, -0.25) is 9.59 Å². The summed E-state index contributed by atoms with van der Waals surface area (Å²) >= 11 is 0. The average Bonchev–Trinajstić information content (AvgIpc) is 2.31. The second-order valence-corrected chi connectivity index (χ2v) is 3.95. The van der Waals surface area contributed by atoms with E-state index in [2.05, 4.69) is 11.7 Å². The largest absolute Gasteiger partial charge is 0.468 e. The van der Waals surface area contributed by atoms with Gasteiger partial charge in [0, 0.05) is 13.7 Å². The third-order valence-corrected chi connectivity index (χ3v) is 2.88. The molecule has 0 saturated carbocycles. The Balaban J connectivity index is 2.39. The monoisotopic (exact) mass is 229 g/mol. The topological polar surface area (TPSA) is 55.8 Å².